The van der Waals surface area contributed by atoms with Gasteiger partial charge < -0.3 is 10.6 Å². The van der Waals surface area contributed by atoms with E-state index in [4.69, 9.17) is 0 Å². The number of carbonyl (C=O) groups excluding carboxylic acids is 2. The summed E-state index contributed by atoms with van der Waals surface area (Å²) in [4.78, 5) is 30.7. The Balaban J connectivity index is 1.31. The first-order valence-electron chi connectivity index (χ1n) is 14.5. The zero-order chi connectivity index (χ0) is 33.6. The Morgan fingerprint density at radius 3 is 2.60 bits per heavy atom. The van der Waals surface area contributed by atoms with E-state index < -0.39 is 84.4 Å². The number of hydrogen-bond acceptors (Lipinski definition) is 9. The fourth-order valence-electron chi connectivity index (χ4n) is 6.29. The number of hydrogen-bond donors (Lipinski definition) is 2. The summed E-state index contributed by atoms with van der Waals surface area (Å²) in [6.07, 6.45) is -5.53. The van der Waals surface area contributed by atoms with Gasteiger partial charge in [0, 0.05) is 25.5 Å². The van der Waals surface area contributed by atoms with E-state index in [1.54, 1.807) is 12.1 Å². The molecule has 47 heavy (non-hydrogen) atoms. The molecule has 0 unspecified atom stereocenters. The molecule has 3 atom stereocenters. The molecule has 19 heteroatoms. The van der Waals surface area contributed by atoms with Gasteiger partial charge in [-0.2, -0.15) is 28.5 Å². The van der Waals surface area contributed by atoms with Crippen LogP contribution in [0.4, 0.5) is 30.7 Å². The molecule has 0 radical (unpaired) electrons. The lowest BCUT2D eigenvalue weighted by Crippen LogP contribution is -2.39. The van der Waals surface area contributed by atoms with E-state index in [2.05, 4.69) is 45.9 Å². The van der Waals surface area contributed by atoms with Crippen LogP contribution in [0.25, 0.3) is 5.65 Å². The molecule has 2 amide bonds. The van der Waals surface area contributed by atoms with E-state index in [1.165, 1.54) is 29.2 Å². The summed E-state index contributed by atoms with van der Waals surface area (Å²) in [5.41, 5.74) is -2.29. The Labute approximate surface area is 260 Å². The van der Waals surface area contributed by atoms with Crippen molar-refractivity contribution >= 4 is 17.5 Å². The van der Waals surface area contributed by atoms with E-state index in [0.29, 0.717) is 11.3 Å². The molecule has 0 bridgehead atoms. The Morgan fingerprint density at radius 2 is 1.94 bits per heavy atom. The smallest absolute Gasteiger partial charge is 0.344 e. The second-order valence-electron chi connectivity index (χ2n) is 11.9. The third kappa shape index (κ3) is 6.73. The van der Waals surface area contributed by atoms with Gasteiger partial charge in [-0.15, -0.1) is 0 Å². The second kappa shape index (κ2) is 12.1. The molecule has 4 aromatic heterocycles. The summed E-state index contributed by atoms with van der Waals surface area (Å²) in [5, 5.41) is 23.0. The van der Waals surface area contributed by atoms with Gasteiger partial charge in [-0.3, -0.25) is 9.59 Å². The molecule has 2 aliphatic rings. The minimum absolute atomic E-state index is 0.0242. The second-order valence-corrected chi connectivity index (χ2v) is 11.9. The molecule has 1 saturated carbocycles. The average Bonchev–Trinajstić information content (AvgIpc) is 3.74. The topological polar surface area (TPSA) is 153 Å². The summed E-state index contributed by atoms with van der Waals surface area (Å²) in [6, 6.07) is 1.51. The van der Waals surface area contributed by atoms with Gasteiger partial charge in [0.05, 0.1) is 35.2 Å². The van der Waals surface area contributed by atoms with Crippen molar-refractivity contribution in [2.75, 3.05) is 0 Å². The zero-order valence-corrected chi connectivity index (χ0v) is 24.2. The van der Waals surface area contributed by atoms with Crippen LogP contribution in [0.15, 0.2) is 41.4 Å². The minimum Gasteiger partial charge on any atom is -0.344 e. The molecule has 0 aromatic carbocycles. The SMILES string of the molecule is O=C(N[C@H](c1cn2ncc(C[C@@]3(Cc4cccnn4)C[C@@H](C(F)(F)F)NC3=O)cc2n1)C1CCC(F)(F)CC1)c1nonc1C(F)F. The number of nitrogens with one attached hydrogen (secondary N) is 2. The lowest BCUT2D eigenvalue weighted by molar-refractivity contribution is -0.155. The predicted octanol–water partition coefficient (Wildman–Crippen LogP) is 4.36. The molecule has 2 fully saturated rings. The fraction of sp³-hybridized carbons (Fsp3) is 0.500. The van der Waals surface area contributed by atoms with Crippen molar-refractivity contribution in [2.24, 2.45) is 11.3 Å². The number of fused-ring (bicyclic) bond motifs is 1. The molecule has 0 spiro atoms. The Kier molecular flexibility index (Phi) is 8.33. The van der Waals surface area contributed by atoms with Crippen LogP contribution in [0.2, 0.25) is 0 Å². The van der Waals surface area contributed by atoms with E-state index in [0.717, 1.165) is 0 Å². The number of halogens is 7. The minimum atomic E-state index is -4.68. The van der Waals surface area contributed by atoms with Gasteiger partial charge in [-0.05, 0) is 65.7 Å². The van der Waals surface area contributed by atoms with Crippen molar-refractivity contribution < 1.29 is 45.0 Å². The highest BCUT2D eigenvalue weighted by molar-refractivity contribution is 5.93. The number of nitrogens with zero attached hydrogens (tertiary/aromatic N) is 7. The monoisotopic (exact) mass is 669 g/mol. The maximum Gasteiger partial charge on any atom is 0.408 e. The van der Waals surface area contributed by atoms with Crippen molar-refractivity contribution in [1.29, 1.82) is 0 Å². The standard InChI is InChI=1S/C28H26F7N9O3/c29-23(30)21-22(43-47-42-21)24(45)40-20(15-3-5-27(31,32)6-4-15)17-13-44-19(38-17)8-14(12-37-44)9-26(10-16-2-1-7-36-41-16)11-18(28(33,34)35)39-25(26)46/h1-2,7-8,12-13,15,18,20,23H,3-6,9-11H2,(H,39,46)(H,40,45)/t18-,20-,26+/m0/s1. The highest BCUT2D eigenvalue weighted by Gasteiger charge is 2.55. The van der Waals surface area contributed by atoms with Crippen LogP contribution in [0.3, 0.4) is 0 Å². The number of carbonyl (C=O) groups is 2. The first-order chi connectivity index (χ1) is 22.2. The van der Waals surface area contributed by atoms with Gasteiger partial charge in [0.1, 0.15) is 6.04 Å². The fourth-order valence-corrected chi connectivity index (χ4v) is 6.29. The summed E-state index contributed by atoms with van der Waals surface area (Å²) in [5.74, 6) is -5.36. The van der Waals surface area contributed by atoms with E-state index >= 15 is 0 Å². The van der Waals surface area contributed by atoms with Gasteiger partial charge in [0.15, 0.2) is 11.3 Å². The highest BCUT2D eigenvalue weighted by Crippen LogP contribution is 2.43. The summed E-state index contributed by atoms with van der Waals surface area (Å²) in [7, 11) is 0. The molecule has 2 N–H and O–H groups in total. The first-order valence-corrected chi connectivity index (χ1v) is 14.5. The third-order valence-electron chi connectivity index (χ3n) is 8.64. The molecule has 1 aliphatic carbocycles. The van der Waals surface area contributed by atoms with Gasteiger partial charge >= 0.3 is 6.18 Å². The predicted molar refractivity (Wildman–Crippen MR) is 144 cm³/mol. The molecule has 1 aliphatic heterocycles. The summed E-state index contributed by atoms with van der Waals surface area (Å²) < 4.78 is 101. The van der Waals surface area contributed by atoms with E-state index in [-0.39, 0.29) is 37.0 Å². The normalized spacial score (nSPS) is 22.5. The molecular weight excluding hydrogens is 643 g/mol. The Bertz CT molecular complexity index is 1750. The summed E-state index contributed by atoms with van der Waals surface area (Å²) >= 11 is 0. The summed E-state index contributed by atoms with van der Waals surface area (Å²) in [6.45, 7) is 0. The quantitative estimate of drug-likeness (QED) is 0.248. The van der Waals surface area contributed by atoms with Crippen molar-refractivity contribution in [3.05, 3.63) is 65.1 Å². The lowest BCUT2D eigenvalue weighted by atomic mass is 9.75. The van der Waals surface area contributed by atoms with Crippen LogP contribution < -0.4 is 10.6 Å². The number of rotatable bonds is 9. The van der Waals surface area contributed by atoms with Crippen LogP contribution in [-0.4, -0.2) is 65.1 Å². The Hall–Kier alpha value is -4.71. The molecule has 6 rings (SSSR count). The van der Waals surface area contributed by atoms with E-state index in [9.17, 15) is 40.3 Å². The highest BCUT2D eigenvalue weighted by atomic mass is 19.4. The largest absolute Gasteiger partial charge is 0.408 e. The molecule has 5 heterocycles. The molecule has 12 nitrogen and oxygen atoms in total. The third-order valence-corrected chi connectivity index (χ3v) is 8.64. The first kappa shape index (κ1) is 32.2. The maximum absolute atomic E-state index is 14.0. The maximum atomic E-state index is 14.0. The zero-order valence-electron chi connectivity index (χ0n) is 24.2. The average molecular weight is 670 g/mol. The molecule has 250 valence electrons. The van der Waals surface area contributed by atoms with Crippen molar-refractivity contribution in [1.82, 2.24) is 45.7 Å². The van der Waals surface area contributed by atoms with Crippen LogP contribution in [0.1, 0.15) is 77.7 Å². The number of aromatic nitrogens is 7. The van der Waals surface area contributed by atoms with Crippen molar-refractivity contribution in [2.45, 2.75) is 75.6 Å². The van der Waals surface area contributed by atoms with Crippen LogP contribution in [-0.2, 0) is 17.6 Å². The lowest BCUT2D eigenvalue weighted by Gasteiger charge is -2.33. The van der Waals surface area contributed by atoms with Crippen LogP contribution in [0, 0.1) is 11.3 Å². The Morgan fingerprint density at radius 1 is 1.17 bits per heavy atom. The van der Waals surface area contributed by atoms with Crippen molar-refractivity contribution in [3.63, 3.8) is 0 Å². The van der Waals surface area contributed by atoms with Crippen molar-refractivity contribution in [3.8, 4) is 0 Å². The van der Waals surface area contributed by atoms with Gasteiger partial charge in [0.2, 0.25) is 17.5 Å². The molecule has 4 aromatic rings. The van der Waals surface area contributed by atoms with E-state index in [1.807, 2.05) is 0 Å². The molecule has 1 saturated heterocycles. The van der Waals surface area contributed by atoms with Crippen LogP contribution >= 0.6 is 0 Å². The van der Waals surface area contributed by atoms with Crippen LogP contribution in [0.5, 0.6) is 0 Å². The number of amides is 2. The van der Waals surface area contributed by atoms with Gasteiger partial charge in [-0.25, -0.2) is 31.7 Å². The number of alkyl halides is 7. The van der Waals surface area contributed by atoms with Gasteiger partial charge in [0.25, 0.3) is 12.3 Å². The van der Waals surface area contributed by atoms with Gasteiger partial charge in [-0.1, -0.05) is 0 Å². The number of imidazole rings is 1. The molecular formula is C28H26F7N9O3.